The van der Waals surface area contributed by atoms with E-state index in [-0.39, 0.29) is 23.2 Å². The van der Waals surface area contributed by atoms with E-state index in [0.717, 1.165) is 32.2 Å². The van der Waals surface area contributed by atoms with Crippen LogP contribution in [0.1, 0.15) is 62.2 Å². The molecule has 0 spiro atoms. The van der Waals surface area contributed by atoms with Crippen molar-refractivity contribution in [1.29, 1.82) is 0 Å². The van der Waals surface area contributed by atoms with E-state index in [1.165, 1.54) is 32.3 Å². The monoisotopic (exact) mass is 346 g/mol. The highest BCUT2D eigenvalue weighted by Crippen LogP contribution is 2.29. The Bertz CT molecular complexity index is 641. The number of amides is 1. The lowest BCUT2D eigenvalue weighted by molar-refractivity contribution is -0.126. The van der Waals surface area contributed by atoms with Crippen LogP contribution in [0.25, 0.3) is 0 Å². The first kappa shape index (κ1) is 17.9. The Kier molecular flexibility index (Phi) is 5.71. The molecule has 2 aliphatic rings. The van der Waals surface area contributed by atoms with Gasteiger partial charge in [0.2, 0.25) is 5.91 Å². The topological polar surface area (TPSA) is 49.4 Å². The fourth-order valence-electron chi connectivity index (χ4n) is 4.10. The molecule has 2 fully saturated rings. The predicted molar refractivity (Wildman–Crippen MR) is 96.4 cm³/mol. The van der Waals surface area contributed by atoms with Gasteiger partial charge >= 0.3 is 0 Å². The number of benzene rings is 1. The normalized spacial score (nSPS) is 21.8. The Morgan fingerprint density at radius 3 is 2.60 bits per heavy atom. The van der Waals surface area contributed by atoms with Gasteiger partial charge in [-0.1, -0.05) is 25.3 Å². The minimum absolute atomic E-state index is 0.0984. The molecule has 0 aromatic heterocycles. The maximum atomic E-state index is 14.1. The van der Waals surface area contributed by atoms with E-state index in [2.05, 4.69) is 5.32 Å². The van der Waals surface area contributed by atoms with E-state index in [4.69, 9.17) is 0 Å². The van der Waals surface area contributed by atoms with Crippen LogP contribution < -0.4 is 10.2 Å². The Morgan fingerprint density at radius 2 is 1.88 bits per heavy atom. The third-order valence-electron chi connectivity index (χ3n) is 5.43. The summed E-state index contributed by atoms with van der Waals surface area (Å²) in [6.45, 7) is 2.68. The number of piperidine rings is 1. The number of carbonyl (C=O) groups is 2. The molecule has 5 heteroatoms. The number of nitrogens with zero attached hydrogens (tertiary/aromatic N) is 1. The molecule has 1 amide bonds. The molecule has 3 rings (SSSR count). The zero-order valence-corrected chi connectivity index (χ0v) is 14.9. The first-order chi connectivity index (χ1) is 12.1. The van der Waals surface area contributed by atoms with Crippen molar-refractivity contribution < 1.29 is 14.0 Å². The highest BCUT2D eigenvalue weighted by Gasteiger charge is 2.29. The maximum absolute atomic E-state index is 14.1. The molecular formula is C20H27FN2O2. The van der Waals surface area contributed by atoms with Gasteiger partial charge in [0.1, 0.15) is 5.82 Å². The summed E-state index contributed by atoms with van der Waals surface area (Å²) in [5.74, 6) is -0.753. The second-order valence-electron chi connectivity index (χ2n) is 7.32. The van der Waals surface area contributed by atoms with Crippen LogP contribution in [0.3, 0.4) is 0 Å². The van der Waals surface area contributed by atoms with Crippen molar-refractivity contribution in [3.8, 4) is 0 Å². The smallest absolute Gasteiger partial charge is 0.225 e. The predicted octanol–water partition coefficient (Wildman–Crippen LogP) is 3.69. The molecule has 1 atom stereocenters. The standard InChI is InChI=1S/C20H27FN2O2/c1-14(24)19-17(21)10-5-11-18(19)23-12-6-7-15(13-23)20(25)22-16-8-3-2-4-9-16/h5,10-11,15-16H,2-4,6-9,12-13H2,1H3,(H,22,25). The molecule has 0 radical (unpaired) electrons. The van der Waals surface area contributed by atoms with Crippen molar-refractivity contribution in [2.24, 2.45) is 5.92 Å². The van der Waals surface area contributed by atoms with Crippen LogP contribution in [-0.2, 0) is 4.79 Å². The zero-order valence-electron chi connectivity index (χ0n) is 14.9. The molecule has 1 aliphatic carbocycles. The average Bonchev–Trinajstić information content (AvgIpc) is 2.62. The highest BCUT2D eigenvalue weighted by atomic mass is 19.1. The number of ketones is 1. The first-order valence-corrected chi connectivity index (χ1v) is 9.41. The van der Waals surface area contributed by atoms with Crippen LogP contribution in [0.2, 0.25) is 0 Å². The van der Waals surface area contributed by atoms with E-state index in [1.54, 1.807) is 12.1 Å². The van der Waals surface area contributed by atoms with Gasteiger partial charge in [-0.05, 0) is 44.7 Å². The molecule has 136 valence electrons. The number of carbonyl (C=O) groups excluding carboxylic acids is 2. The average molecular weight is 346 g/mol. The van der Waals surface area contributed by atoms with Crippen molar-refractivity contribution in [3.63, 3.8) is 0 Å². The molecule has 25 heavy (non-hydrogen) atoms. The van der Waals surface area contributed by atoms with Crippen LogP contribution >= 0.6 is 0 Å². The summed E-state index contributed by atoms with van der Waals surface area (Å²) in [7, 11) is 0. The molecule has 4 nitrogen and oxygen atoms in total. The maximum Gasteiger partial charge on any atom is 0.225 e. The Hall–Kier alpha value is -1.91. The van der Waals surface area contributed by atoms with Gasteiger partial charge in [-0.15, -0.1) is 0 Å². The van der Waals surface area contributed by atoms with Crippen molar-refractivity contribution in [3.05, 3.63) is 29.6 Å². The lowest BCUT2D eigenvalue weighted by atomic mass is 9.92. The number of rotatable bonds is 4. The molecule has 0 bridgehead atoms. The van der Waals surface area contributed by atoms with Gasteiger partial charge < -0.3 is 10.2 Å². The summed E-state index contributed by atoms with van der Waals surface area (Å²) in [6.07, 6.45) is 7.49. The third kappa shape index (κ3) is 4.20. The summed E-state index contributed by atoms with van der Waals surface area (Å²) in [5.41, 5.74) is 0.749. The molecule has 1 saturated heterocycles. The minimum atomic E-state index is -0.487. The molecule has 1 heterocycles. The lowest BCUT2D eigenvalue weighted by Gasteiger charge is -2.35. The van der Waals surface area contributed by atoms with E-state index < -0.39 is 5.82 Å². The van der Waals surface area contributed by atoms with Crippen molar-refractivity contribution >= 4 is 17.4 Å². The van der Waals surface area contributed by atoms with Crippen molar-refractivity contribution in [2.75, 3.05) is 18.0 Å². The van der Waals surface area contributed by atoms with Crippen LogP contribution in [0, 0.1) is 11.7 Å². The zero-order chi connectivity index (χ0) is 17.8. The Labute approximate surface area is 148 Å². The molecule has 1 aliphatic heterocycles. The molecule has 1 N–H and O–H groups in total. The summed E-state index contributed by atoms with van der Waals surface area (Å²) in [6, 6.07) is 5.03. The summed E-state index contributed by atoms with van der Waals surface area (Å²) < 4.78 is 14.1. The number of hydrogen-bond acceptors (Lipinski definition) is 3. The molecular weight excluding hydrogens is 319 g/mol. The number of hydrogen-bond donors (Lipinski definition) is 1. The van der Waals surface area contributed by atoms with Crippen LogP contribution in [-0.4, -0.2) is 30.8 Å². The van der Waals surface area contributed by atoms with Gasteiger partial charge in [0.15, 0.2) is 5.78 Å². The molecule has 1 saturated carbocycles. The van der Waals surface area contributed by atoms with Crippen molar-refractivity contribution in [1.82, 2.24) is 5.32 Å². The third-order valence-corrected chi connectivity index (χ3v) is 5.43. The van der Waals surface area contributed by atoms with E-state index in [9.17, 15) is 14.0 Å². The Morgan fingerprint density at radius 1 is 1.12 bits per heavy atom. The molecule has 1 unspecified atom stereocenters. The van der Waals surface area contributed by atoms with Crippen molar-refractivity contribution in [2.45, 2.75) is 57.9 Å². The van der Waals surface area contributed by atoms with Gasteiger partial charge in [0.05, 0.1) is 17.2 Å². The van der Waals surface area contributed by atoms with Gasteiger partial charge in [0.25, 0.3) is 0 Å². The van der Waals surface area contributed by atoms with Gasteiger partial charge in [-0.3, -0.25) is 9.59 Å². The number of nitrogens with one attached hydrogen (secondary N) is 1. The fourth-order valence-corrected chi connectivity index (χ4v) is 4.10. The van der Waals surface area contributed by atoms with Gasteiger partial charge in [0, 0.05) is 19.1 Å². The second kappa shape index (κ2) is 7.98. The SMILES string of the molecule is CC(=O)c1c(F)cccc1N1CCCC(C(=O)NC2CCCCC2)C1. The number of halogens is 1. The lowest BCUT2D eigenvalue weighted by Crippen LogP contribution is -2.46. The molecule has 1 aromatic rings. The van der Waals surface area contributed by atoms with E-state index in [1.807, 2.05) is 4.90 Å². The summed E-state index contributed by atoms with van der Waals surface area (Å²) >= 11 is 0. The van der Waals surface area contributed by atoms with Crippen LogP contribution in [0.4, 0.5) is 10.1 Å². The quantitative estimate of drug-likeness (QED) is 0.846. The summed E-state index contributed by atoms with van der Waals surface area (Å²) in [4.78, 5) is 26.5. The second-order valence-corrected chi connectivity index (χ2v) is 7.32. The fraction of sp³-hybridized carbons (Fsp3) is 0.600. The summed E-state index contributed by atoms with van der Waals surface area (Å²) in [5, 5.41) is 3.20. The van der Waals surface area contributed by atoms with Crippen LogP contribution in [0.5, 0.6) is 0 Å². The minimum Gasteiger partial charge on any atom is -0.370 e. The largest absolute Gasteiger partial charge is 0.370 e. The number of anilines is 1. The van der Waals surface area contributed by atoms with E-state index >= 15 is 0 Å². The van der Waals surface area contributed by atoms with E-state index in [0.29, 0.717) is 18.3 Å². The first-order valence-electron chi connectivity index (χ1n) is 9.41. The van der Waals surface area contributed by atoms with Crippen LogP contribution in [0.15, 0.2) is 18.2 Å². The number of Topliss-reactive ketones (excluding diaryl/α,β-unsaturated/α-hetero) is 1. The van der Waals surface area contributed by atoms with Gasteiger partial charge in [-0.2, -0.15) is 0 Å². The molecule has 1 aromatic carbocycles. The Balaban J connectivity index is 1.70. The van der Waals surface area contributed by atoms with Gasteiger partial charge in [-0.25, -0.2) is 4.39 Å². The highest BCUT2D eigenvalue weighted by molar-refractivity contribution is 6.00.